The molecule has 1 aromatic rings. The van der Waals surface area contributed by atoms with E-state index in [1.54, 1.807) is 0 Å². The summed E-state index contributed by atoms with van der Waals surface area (Å²) in [4.78, 5) is 0. The molecule has 0 heterocycles. The second-order valence-corrected chi connectivity index (χ2v) is 2.28. The fraction of sp³-hybridized carbons (Fsp3) is 0.364. The van der Waals surface area contributed by atoms with Gasteiger partial charge in [-0.3, -0.25) is 0 Å². The molecule has 65 valence electrons. The van der Waals surface area contributed by atoms with Crippen LogP contribution in [0.1, 0.15) is 26.2 Å². The molecule has 0 aliphatic rings. The maximum atomic E-state index is 3.68. The Morgan fingerprint density at radius 2 is 1.75 bits per heavy atom. The van der Waals surface area contributed by atoms with E-state index in [9.17, 15) is 0 Å². The van der Waals surface area contributed by atoms with Gasteiger partial charge in [-0.2, -0.15) is 42.8 Å². The molecular weight excluding hydrogens is 221 g/mol. The molecule has 0 atom stereocenters. The first-order chi connectivity index (χ1) is 5.41. The van der Waals surface area contributed by atoms with E-state index >= 15 is 0 Å². The molecule has 1 heteroatoms. The van der Waals surface area contributed by atoms with E-state index in [-0.39, 0.29) is 32.7 Å². The van der Waals surface area contributed by atoms with Crippen molar-refractivity contribution in [3.8, 4) is 0 Å². The van der Waals surface area contributed by atoms with Crippen LogP contribution >= 0.6 is 0 Å². The molecule has 0 bridgehead atoms. The minimum absolute atomic E-state index is 0. The fourth-order valence-corrected chi connectivity index (χ4v) is 0.592. The van der Waals surface area contributed by atoms with E-state index in [1.165, 1.54) is 12.8 Å². The number of benzene rings is 1. The molecule has 0 aliphatic heterocycles. The van der Waals surface area contributed by atoms with Crippen molar-refractivity contribution in [3.63, 3.8) is 0 Å². The summed E-state index contributed by atoms with van der Waals surface area (Å²) in [5.74, 6) is 0. The Morgan fingerprint density at radius 3 is 1.83 bits per heavy atom. The smallest absolute Gasteiger partial charge is 0 e. The van der Waals surface area contributed by atoms with Gasteiger partial charge in [0.25, 0.3) is 0 Å². The molecule has 1 radical (unpaired) electrons. The standard InChI is InChI=1S/C6H5.C5H11.Y/c1-2-4-6-5-3-1;1-3-5-4-2;/h1-5H;1,3-5H2,2H3;/q2*-1;. The normalized spacial score (nSPS) is 7.50. The Bertz CT molecular complexity index is 108. The third-order valence-electron chi connectivity index (χ3n) is 1.21. The van der Waals surface area contributed by atoms with Crippen LogP contribution in [0.25, 0.3) is 0 Å². The van der Waals surface area contributed by atoms with Crippen LogP contribution in [0, 0.1) is 13.0 Å². The molecule has 0 amide bonds. The zero-order valence-electron chi connectivity index (χ0n) is 7.79. The SMILES string of the molecule is [CH2-]CCCC.[Y].[c-]1ccccc1. The summed E-state index contributed by atoms with van der Waals surface area (Å²) >= 11 is 0. The third-order valence-corrected chi connectivity index (χ3v) is 1.21. The Hall–Kier alpha value is 0.324. The van der Waals surface area contributed by atoms with Crippen LogP contribution in [0.2, 0.25) is 0 Å². The Morgan fingerprint density at radius 1 is 1.17 bits per heavy atom. The average Bonchev–Trinajstić information content (AvgIpc) is 2.10. The van der Waals surface area contributed by atoms with Crippen LogP contribution < -0.4 is 0 Å². The summed E-state index contributed by atoms with van der Waals surface area (Å²) in [6, 6.07) is 12.5. The van der Waals surface area contributed by atoms with Gasteiger partial charge >= 0.3 is 0 Å². The summed E-state index contributed by atoms with van der Waals surface area (Å²) in [5.41, 5.74) is 0. The number of rotatable bonds is 2. The predicted molar refractivity (Wildman–Crippen MR) is 50.2 cm³/mol. The van der Waals surface area contributed by atoms with Crippen LogP contribution in [0.15, 0.2) is 30.3 Å². The number of hydrogen-bond acceptors (Lipinski definition) is 0. The van der Waals surface area contributed by atoms with Crippen LogP contribution in [-0.2, 0) is 32.7 Å². The van der Waals surface area contributed by atoms with Crippen molar-refractivity contribution in [3.05, 3.63) is 43.3 Å². The molecule has 0 nitrogen and oxygen atoms in total. The molecule has 0 fully saturated rings. The first-order valence-electron chi connectivity index (χ1n) is 4.12. The topological polar surface area (TPSA) is 0 Å². The van der Waals surface area contributed by atoms with Gasteiger partial charge < -0.3 is 6.92 Å². The van der Waals surface area contributed by atoms with Crippen LogP contribution in [0.4, 0.5) is 0 Å². The Balaban J connectivity index is 0. The van der Waals surface area contributed by atoms with Crippen molar-refractivity contribution in [1.29, 1.82) is 0 Å². The van der Waals surface area contributed by atoms with Crippen molar-refractivity contribution in [2.24, 2.45) is 0 Å². The van der Waals surface area contributed by atoms with E-state index < -0.39 is 0 Å². The summed E-state index contributed by atoms with van der Waals surface area (Å²) < 4.78 is 0. The van der Waals surface area contributed by atoms with Crippen molar-refractivity contribution in [1.82, 2.24) is 0 Å². The van der Waals surface area contributed by atoms with Crippen molar-refractivity contribution in [2.75, 3.05) is 0 Å². The van der Waals surface area contributed by atoms with Gasteiger partial charge in [0.2, 0.25) is 0 Å². The monoisotopic (exact) mass is 237 g/mol. The zero-order valence-corrected chi connectivity index (χ0v) is 10.6. The van der Waals surface area contributed by atoms with Gasteiger partial charge in [-0.1, -0.05) is 19.8 Å². The van der Waals surface area contributed by atoms with Crippen molar-refractivity contribution >= 4 is 0 Å². The van der Waals surface area contributed by atoms with Gasteiger partial charge in [-0.25, -0.2) is 0 Å². The maximum Gasteiger partial charge on any atom is 0 e. The van der Waals surface area contributed by atoms with Crippen LogP contribution in [0.5, 0.6) is 0 Å². The molecule has 12 heavy (non-hydrogen) atoms. The molecule has 0 N–H and O–H groups in total. The minimum Gasteiger partial charge on any atom is -0.343 e. The van der Waals surface area contributed by atoms with E-state index in [1.807, 2.05) is 30.3 Å². The van der Waals surface area contributed by atoms with Gasteiger partial charge in [-0.15, -0.1) is 0 Å². The minimum atomic E-state index is 0. The summed E-state index contributed by atoms with van der Waals surface area (Å²) in [6.07, 6.45) is 3.65. The second-order valence-electron chi connectivity index (χ2n) is 2.28. The van der Waals surface area contributed by atoms with Gasteiger partial charge in [0.1, 0.15) is 0 Å². The largest absolute Gasteiger partial charge is 0.343 e. The summed E-state index contributed by atoms with van der Waals surface area (Å²) in [7, 11) is 0. The summed E-state index contributed by atoms with van der Waals surface area (Å²) in [5, 5.41) is 0. The van der Waals surface area contributed by atoms with E-state index in [2.05, 4.69) is 19.9 Å². The fourth-order valence-electron chi connectivity index (χ4n) is 0.592. The molecule has 0 aliphatic carbocycles. The average molecular weight is 237 g/mol. The van der Waals surface area contributed by atoms with Gasteiger partial charge in [-0.05, 0) is 0 Å². The molecule has 1 rings (SSSR count). The van der Waals surface area contributed by atoms with E-state index in [0.717, 1.165) is 6.42 Å². The first-order valence-corrected chi connectivity index (χ1v) is 4.12. The number of unbranched alkanes of at least 4 members (excludes halogenated alkanes) is 2. The second kappa shape index (κ2) is 13.9. The Labute approximate surface area is 102 Å². The zero-order chi connectivity index (χ0) is 8.36. The number of hydrogen-bond donors (Lipinski definition) is 0. The molecule has 0 aromatic heterocycles. The van der Waals surface area contributed by atoms with Crippen LogP contribution in [-0.4, -0.2) is 0 Å². The third kappa shape index (κ3) is 13.0. The molecule has 0 unspecified atom stereocenters. The predicted octanol–water partition coefficient (Wildman–Crippen LogP) is 3.49. The molecule has 0 spiro atoms. The molecular formula is C11H16Y-2. The van der Waals surface area contributed by atoms with Gasteiger partial charge in [0, 0.05) is 32.7 Å². The van der Waals surface area contributed by atoms with Crippen LogP contribution in [0.3, 0.4) is 0 Å². The Kier molecular flexibility index (Phi) is 17.2. The van der Waals surface area contributed by atoms with E-state index in [4.69, 9.17) is 0 Å². The van der Waals surface area contributed by atoms with E-state index in [0.29, 0.717) is 0 Å². The van der Waals surface area contributed by atoms with Crippen molar-refractivity contribution < 1.29 is 32.7 Å². The molecule has 1 aromatic carbocycles. The maximum absolute atomic E-state index is 3.68. The molecule has 0 saturated carbocycles. The summed E-state index contributed by atoms with van der Waals surface area (Å²) in [6.45, 7) is 5.85. The molecule has 0 saturated heterocycles. The first kappa shape index (κ1) is 14.8. The quantitative estimate of drug-likeness (QED) is 0.690. The van der Waals surface area contributed by atoms with Crippen molar-refractivity contribution in [2.45, 2.75) is 26.2 Å². The van der Waals surface area contributed by atoms with Gasteiger partial charge in [0.15, 0.2) is 0 Å². The van der Waals surface area contributed by atoms with Gasteiger partial charge in [0.05, 0.1) is 0 Å².